The number of likely N-dealkylation sites (tertiary alicyclic amines) is 1. The number of ether oxygens (including phenoxy) is 2. The molecule has 0 aromatic heterocycles. The predicted molar refractivity (Wildman–Crippen MR) is 108 cm³/mol. The van der Waals surface area contributed by atoms with Gasteiger partial charge in [-0.3, -0.25) is 4.79 Å². The number of hydrogen-bond acceptors (Lipinski definition) is 4. The quantitative estimate of drug-likeness (QED) is 0.656. The summed E-state index contributed by atoms with van der Waals surface area (Å²) in [5, 5.41) is 3.03. The molecule has 1 N–H and O–H groups in total. The first kappa shape index (κ1) is 22.2. The van der Waals surface area contributed by atoms with Gasteiger partial charge in [0, 0.05) is 46.3 Å². The van der Waals surface area contributed by atoms with Gasteiger partial charge in [0.25, 0.3) is 0 Å². The monoisotopic (exact) mass is 391 g/mol. The molecule has 0 radical (unpaired) electrons. The molecule has 0 unspecified atom stereocenters. The smallest absolute Gasteiger partial charge is 0.319 e. The fourth-order valence-electron chi connectivity index (χ4n) is 3.23. The van der Waals surface area contributed by atoms with Crippen molar-refractivity contribution < 1.29 is 19.1 Å². The fraction of sp³-hybridized carbons (Fsp3) is 0.619. The Balaban J connectivity index is 1.73. The SMILES string of the molecule is CCOCCOCc1cccc(CNC(=O)C2CCN(C(=O)N(C)C)CC2)c1. The second-order valence-corrected chi connectivity index (χ2v) is 7.23. The molecule has 1 aromatic rings. The molecule has 3 amide bonds. The van der Waals surface area contributed by atoms with Gasteiger partial charge in [0.2, 0.25) is 5.91 Å². The number of urea groups is 1. The average Bonchev–Trinajstić information content (AvgIpc) is 2.71. The maximum absolute atomic E-state index is 12.5. The van der Waals surface area contributed by atoms with Gasteiger partial charge >= 0.3 is 6.03 Å². The first-order valence-corrected chi connectivity index (χ1v) is 9.98. The van der Waals surface area contributed by atoms with Gasteiger partial charge in [0.1, 0.15) is 0 Å². The van der Waals surface area contributed by atoms with Crippen molar-refractivity contribution in [3.8, 4) is 0 Å². The molecule has 0 aliphatic carbocycles. The largest absolute Gasteiger partial charge is 0.379 e. The van der Waals surface area contributed by atoms with Gasteiger partial charge < -0.3 is 24.6 Å². The van der Waals surface area contributed by atoms with E-state index in [1.54, 1.807) is 23.9 Å². The highest BCUT2D eigenvalue weighted by atomic mass is 16.5. The highest BCUT2D eigenvalue weighted by Crippen LogP contribution is 2.18. The average molecular weight is 392 g/mol. The van der Waals surface area contributed by atoms with Crippen LogP contribution >= 0.6 is 0 Å². The van der Waals surface area contributed by atoms with E-state index in [-0.39, 0.29) is 17.9 Å². The second kappa shape index (κ2) is 11.7. The summed E-state index contributed by atoms with van der Waals surface area (Å²) in [4.78, 5) is 27.8. The number of nitrogens with zero attached hydrogens (tertiary/aromatic N) is 2. The molecule has 0 spiro atoms. The van der Waals surface area contributed by atoms with Gasteiger partial charge in [-0.2, -0.15) is 0 Å². The molecule has 7 heteroatoms. The van der Waals surface area contributed by atoms with Crippen LogP contribution in [0.2, 0.25) is 0 Å². The number of rotatable bonds is 9. The van der Waals surface area contributed by atoms with Crippen molar-refractivity contribution in [1.82, 2.24) is 15.1 Å². The summed E-state index contributed by atoms with van der Waals surface area (Å²) in [7, 11) is 3.50. The summed E-state index contributed by atoms with van der Waals surface area (Å²) < 4.78 is 10.8. The number of benzene rings is 1. The number of carbonyl (C=O) groups excluding carboxylic acids is 2. The summed E-state index contributed by atoms with van der Waals surface area (Å²) >= 11 is 0. The van der Waals surface area contributed by atoms with Crippen molar-refractivity contribution in [1.29, 1.82) is 0 Å². The van der Waals surface area contributed by atoms with Gasteiger partial charge in [-0.1, -0.05) is 24.3 Å². The van der Waals surface area contributed by atoms with E-state index in [0.29, 0.717) is 58.9 Å². The minimum Gasteiger partial charge on any atom is -0.379 e. The molecule has 28 heavy (non-hydrogen) atoms. The van der Waals surface area contributed by atoms with Crippen LogP contribution in [0.4, 0.5) is 4.79 Å². The van der Waals surface area contributed by atoms with Crippen LogP contribution in [0.3, 0.4) is 0 Å². The van der Waals surface area contributed by atoms with E-state index in [0.717, 1.165) is 11.1 Å². The molecule has 156 valence electrons. The second-order valence-electron chi connectivity index (χ2n) is 7.23. The van der Waals surface area contributed by atoms with Gasteiger partial charge in [0.15, 0.2) is 0 Å². The molecular formula is C21H33N3O4. The lowest BCUT2D eigenvalue weighted by molar-refractivity contribution is -0.126. The summed E-state index contributed by atoms with van der Waals surface area (Å²) in [5.41, 5.74) is 2.14. The topological polar surface area (TPSA) is 71.1 Å². The lowest BCUT2D eigenvalue weighted by atomic mass is 9.96. The van der Waals surface area contributed by atoms with E-state index in [4.69, 9.17) is 9.47 Å². The first-order valence-electron chi connectivity index (χ1n) is 9.98. The number of hydrogen-bond donors (Lipinski definition) is 1. The van der Waals surface area contributed by atoms with E-state index in [1.807, 2.05) is 25.1 Å². The Morgan fingerprint density at radius 3 is 2.50 bits per heavy atom. The summed E-state index contributed by atoms with van der Waals surface area (Å²) in [6.45, 7) is 6.13. The van der Waals surface area contributed by atoms with E-state index in [9.17, 15) is 9.59 Å². The Labute approximate surface area is 168 Å². The third kappa shape index (κ3) is 7.13. The van der Waals surface area contributed by atoms with Gasteiger partial charge in [0.05, 0.1) is 19.8 Å². The molecule has 1 aliphatic heterocycles. The highest BCUT2D eigenvalue weighted by molar-refractivity contribution is 5.79. The van der Waals surface area contributed by atoms with Crippen LogP contribution in [0.1, 0.15) is 30.9 Å². The summed E-state index contributed by atoms with van der Waals surface area (Å²) in [6, 6.07) is 8.07. The zero-order chi connectivity index (χ0) is 20.4. The first-order chi connectivity index (χ1) is 13.5. The molecule has 0 bridgehead atoms. The van der Waals surface area contributed by atoms with Crippen LogP contribution in [-0.2, 0) is 27.4 Å². The van der Waals surface area contributed by atoms with E-state index in [1.165, 1.54) is 0 Å². The van der Waals surface area contributed by atoms with Crippen LogP contribution in [0.5, 0.6) is 0 Å². The lowest BCUT2D eigenvalue weighted by Gasteiger charge is -2.33. The molecule has 1 saturated heterocycles. The third-order valence-electron chi connectivity index (χ3n) is 4.82. The number of amides is 3. The molecular weight excluding hydrogens is 358 g/mol. The van der Waals surface area contributed by atoms with Crippen LogP contribution in [-0.4, -0.2) is 68.7 Å². The Bertz CT molecular complexity index is 628. The Kier molecular flexibility index (Phi) is 9.23. The fourth-order valence-corrected chi connectivity index (χ4v) is 3.23. The standard InChI is InChI=1S/C21H33N3O4/c1-4-27-12-13-28-16-18-7-5-6-17(14-18)15-22-20(25)19-8-10-24(11-9-19)21(26)23(2)3/h5-7,14,19H,4,8-13,15-16H2,1-3H3,(H,22,25). The van der Waals surface area contributed by atoms with Crippen molar-refractivity contribution in [3.05, 3.63) is 35.4 Å². The van der Waals surface area contributed by atoms with Crippen LogP contribution in [0, 0.1) is 5.92 Å². The Morgan fingerprint density at radius 2 is 1.82 bits per heavy atom. The number of piperidine rings is 1. The van der Waals surface area contributed by atoms with Crippen LogP contribution in [0.25, 0.3) is 0 Å². The highest BCUT2D eigenvalue weighted by Gasteiger charge is 2.27. The molecule has 1 aliphatic rings. The zero-order valence-electron chi connectivity index (χ0n) is 17.3. The Hall–Kier alpha value is -2.12. The minimum absolute atomic E-state index is 0.0131. The van der Waals surface area contributed by atoms with Crippen molar-refractivity contribution in [2.75, 3.05) is 47.0 Å². The van der Waals surface area contributed by atoms with E-state index >= 15 is 0 Å². The van der Waals surface area contributed by atoms with Crippen molar-refractivity contribution in [3.63, 3.8) is 0 Å². The van der Waals surface area contributed by atoms with E-state index < -0.39 is 0 Å². The zero-order valence-corrected chi connectivity index (χ0v) is 17.3. The molecule has 1 aromatic carbocycles. The summed E-state index contributed by atoms with van der Waals surface area (Å²) in [5.74, 6) is 0.0339. The number of carbonyl (C=O) groups is 2. The maximum Gasteiger partial charge on any atom is 0.319 e. The molecule has 0 atom stereocenters. The minimum atomic E-state index is -0.0312. The molecule has 0 saturated carbocycles. The van der Waals surface area contributed by atoms with Crippen molar-refractivity contribution in [2.45, 2.75) is 32.9 Å². The predicted octanol–water partition coefficient (Wildman–Crippen LogP) is 2.25. The third-order valence-corrected chi connectivity index (χ3v) is 4.82. The van der Waals surface area contributed by atoms with Gasteiger partial charge in [-0.15, -0.1) is 0 Å². The van der Waals surface area contributed by atoms with E-state index in [2.05, 4.69) is 11.4 Å². The maximum atomic E-state index is 12.5. The Morgan fingerprint density at radius 1 is 1.14 bits per heavy atom. The molecule has 7 nitrogen and oxygen atoms in total. The normalized spacial score (nSPS) is 14.8. The van der Waals surface area contributed by atoms with Gasteiger partial charge in [-0.25, -0.2) is 4.79 Å². The molecule has 2 rings (SSSR count). The molecule has 1 heterocycles. The number of nitrogens with one attached hydrogen (secondary N) is 1. The summed E-state index contributed by atoms with van der Waals surface area (Å²) in [6.07, 6.45) is 1.41. The van der Waals surface area contributed by atoms with Gasteiger partial charge in [-0.05, 0) is 30.9 Å². The van der Waals surface area contributed by atoms with Crippen molar-refractivity contribution >= 4 is 11.9 Å². The van der Waals surface area contributed by atoms with Crippen LogP contribution in [0.15, 0.2) is 24.3 Å². The lowest BCUT2D eigenvalue weighted by Crippen LogP contribution is -2.46. The van der Waals surface area contributed by atoms with Crippen LogP contribution < -0.4 is 5.32 Å². The molecule has 1 fully saturated rings. The van der Waals surface area contributed by atoms with Crippen molar-refractivity contribution in [2.24, 2.45) is 5.92 Å².